The van der Waals surface area contributed by atoms with Crippen LogP contribution < -0.4 is 5.30 Å². The number of aryl methyl sites for hydroxylation is 1. The maximum atomic E-state index is 11.6. The largest absolute Gasteiger partial charge is 0.441 e. The number of benzene rings is 6. The van der Waals surface area contributed by atoms with Gasteiger partial charge < -0.3 is 0 Å². The van der Waals surface area contributed by atoms with E-state index in [0.29, 0.717) is 5.56 Å². The van der Waals surface area contributed by atoms with E-state index in [1.807, 2.05) is 0 Å². The Morgan fingerprint density at radius 3 is 1.13 bits per heavy atom. The van der Waals surface area contributed by atoms with Crippen LogP contribution in [0.4, 0.5) is 0 Å². The molecule has 67 heavy (non-hydrogen) atoms. The normalized spacial score (nSPS) is 13.6. The first kappa shape index (κ1) is 52.5. The van der Waals surface area contributed by atoms with Gasteiger partial charge in [0.2, 0.25) is 0 Å². The van der Waals surface area contributed by atoms with Gasteiger partial charge in [0.1, 0.15) is 0 Å². The SMILES string of the molecule is CCC(C)(C)c1cc(C(C)(C)CC)c2cc(-c3ccc([P+](O)(O)O)c(-c4ccc(C)cc4)c3-c3cc4c(C(C)(C)CC)cc(C(C)(C)CC)cc4cc3C(C)(C)CC)c(C(C)(C)CC)cc2c1. The molecule has 0 spiro atoms. The molecule has 0 saturated heterocycles. The maximum Gasteiger partial charge on any atom is 0.441 e. The Labute approximate surface area is 407 Å². The quantitative estimate of drug-likeness (QED) is 0.0848. The first-order chi connectivity index (χ1) is 30.9. The average molecular weight is 922 g/mol. The third-order valence-corrected chi connectivity index (χ3v) is 18.4. The Balaban J connectivity index is 1.98. The summed E-state index contributed by atoms with van der Waals surface area (Å²) in [6.07, 6.45) is 5.83. The molecule has 360 valence electrons. The zero-order valence-electron chi connectivity index (χ0n) is 45.1. The number of hydrogen-bond donors (Lipinski definition) is 3. The molecule has 0 bridgehead atoms. The molecule has 0 aromatic heterocycles. The van der Waals surface area contributed by atoms with Crippen molar-refractivity contribution in [1.29, 1.82) is 0 Å². The van der Waals surface area contributed by atoms with Gasteiger partial charge in [-0.25, -0.2) is 0 Å². The molecule has 0 fully saturated rings. The molecule has 4 heteroatoms. The van der Waals surface area contributed by atoms with Crippen molar-refractivity contribution in [2.45, 2.75) is 203 Å². The maximum absolute atomic E-state index is 11.6. The van der Waals surface area contributed by atoms with Gasteiger partial charge in [0.25, 0.3) is 0 Å². The van der Waals surface area contributed by atoms with Crippen molar-refractivity contribution < 1.29 is 14.7 Å². The van der Waals surface area contributed by atoms with Crippen molar-refractivity contribution in [3.63, 3.8) is 0 Å². The highest BCUT2D eigenvalue weighted by Gasteiger charge is 2.41. The molecular formula is C63H86O3P+. The average Bonchev–Trinajstić information content (AvgIpc) is 3.29. The van der Waals surface area contributed by atoms with Crippen LogP contribution in [0.2, 0.25) is 0 Å². The number of hydrogen-bond acceptors (Lipinski definition) is 3. The lowest BCUT2D eigenvalue weighted by Crippen LogP contribution is -2.22. The minimum atomic E-state index is -4.57. The van der Waals surface area contributed by atoms with Crippen LogP contribution in [0.3, 0.4) is 0 Å². The van der Waals surface area contributed by atoms with Gasteiger partial charge in [-0.1, -0.05) is 179 Å². The van der Waals surface area contributed by atoms with E-state index in [2.05, 4.69) is 210 Å². The smallest absolute Gasteiger partial charge is 0.189 e. The van der Waals surface area contributed by atoms with Gasteiger partial charge in [0, 0.05) is 11.1 Å². The van der Waals surface area contributed by atoms with Crippen molar-refractivity contribution >= 4 is 34.8 Å². The lowest BCUT2D eigenvalue weighted by molar-refractivity contribution is 0.347. The molecule has 0 heterocycles. The minimum Gasteiger partial charge on any atom is -0.189 e. The lowest BCUT2D eigenvalue weighted by atomic mass is 9.70. The summed E-state index contributed by atoms with van der Waals surface area (Å²) in [5.74, 6) is 0. The van der Waals surface area contributed by atoms with Crippen LogP contribution in [0.1, 0.15) is 202 Å². The summed E-state index contributed by atoms with van der Waals surface area (Å²) in [4.78, 5) is 34.9. The van der Waals surface area contributed by atoms with Crippen LogP contribution in [0.15, 0.2) is 84.9 Å². The Hall–Kier alpha value is -3.85. The minimum absolute atomic E-state index is 0.00309. The molecule has 3 N–H and O–H groups in total. The summed E-state index contributed by atoms with van der Waals surface area (Å²) in [5, 5.41) is 5.12. The van der Waals surface area contributed by atoms with E-state index < -0.39 is 7.94 Å². The van der Waals surface area contributed by atoms with Gasteiger partial charge in [0.05, 0.1) is 0 Å². The summed E-state index contributed by atoms with van der Waals surface area (Å²) >= 11 is 0. The molecule has 0 aliphatic carbocycles. The van der Waals surface area contributed by atoms with Crippen molar-refractivity contribution in [2.75, 3.05) is 0 Å². The third-order valence-electron chi connectivity index (χ3n) is 17.4. The van der Waals surface area contributed by atoms with Crippen molar-refractivity contribution in [3.05, 3.63) is 124 Å². The molecule has 0 amide bonds. The van der Waals surface area contributed by atoms with Gasteiger partial charge >= 0.3 is 7.94 Å². The summed E-state index contributed by atoms with van der Waals surface area (Å²) in [6, 6.07) is 32.0. The fourth-order valence-corrected chi connectivity index (χ4v) is 10.6. The van der Waals surface area contributed by atoms with E-state index in [1.54, 1.807) is 6.07 Å². The van der Waals surface area contributed by atoms with E-state index in [-0.39, 0.29) is 37.8 Å². The van der Waals surface area contributed by atoms with Crippen LogP contribution >= 0.6 is 7.94 Å². The second-order valence-electron chi connectivity index (χ2n) is 24.0. The Kier molecular flexibility index (Phi) is 14.5. The lowest BCUT2D eigenvalue weighted by Gasteiger charge is -2.34. The van der Waals surface area contributed by atoms with Crippen LogP contribution in [-0.4, -0.2) is 14.7 Å². The fourth-order valence-electron chi connectivity index (χ4n) is 9.80. The van der Waals surface area contributed by atoms with Crippen LogP contribution in [-0.2, 0) is 32.5 Å². The monoisotopic (exact) mass is 922 g/mol. The van der Waals surface area contributed by atoms with E-state index in [9.17, 15) is 14.7 Å². The highest BCUT2D eigenvalue weighted by atomic mass is 31.2. The molecule has 0 saturated carbocycles. The molecule has 6 aromatic carbocycles. The van der Waals surface area contributed by atoms with E-state index in [1.165, 1.54) is 54.9 Å². The molecule has 3 nitrogen and oxygen atoms in total. The zero-order valence-corrected chi connectivity index (χ0v) is 46.0. The van der Waals surface area contributed by atoms with Crippen LogP contribution in [0.25, 0.3) is 54.9 Å². The summed E-state index contributed by atoms with van der Waals surface area (Å²) in [7, 11) is -4.57. The summed E-state index contributed by atoms with van der Waals surface area (Å²) < 4.78 is 0. The van der Waals surface area contributed by atoms with Gasteiger partial charge in [-0.15, -0.1) is 0 Å². The molecule has 0 unspecified atom stereocenters. The van der Waals surface area contributed by atoms with E-state index in [4.69, 9.17) is 0 Å². The topological polar surface area (TPSA) is 60.7 Å². The molecule has 0 aliphatic heterocycles. The van der Waals surface area contributed by atoms with Crippen LogP contribution in [0.5, 0.6) is 0 Å². The second kappa shape index (κ2) is 18.5. The molecule has 0 aliphatic rings. The zero-order chi connectivity index (χ0) is 50.0. The Morgan fingerprint density at radius 1 is 0.373 bits per heavy atom. The molecule has 6 rings (SSSR count). The number of rotatable bonds is 16. The first-order valence-corrected chi connectivity index (χ1v) is 27.2. The number of fused-ring (bicyclic) bond motifs is 2. The van der Waals surface area contributed by atoms with Gasteiger partial charge in [-0.2, -0.15) is 14.7 Å². The first-order valence-electron chi connectivity index (χ1n) is 25.5. The Morgan fingerprint density at radius 2 is 0.746 bits per heavy atom. The summed E-state index contributed by atoms with van der Waals surface area (Å²) in [5.41, 5.74) is 13.9. The summed E-state index contributed by atoms with van der Waals surface area (Å²) in [6.45, 7) is 44.2. The van der Waals surface area contributed by atoms with Gasteiger partial charge in [0.15, 0.2) is 5.30 Å². The fraction of sp³-hybridized carbons (Fsp3) is 0.492. The molecular weight excluding hydrogens is 836 g/mol. The van der Waals surface area contributed by atoms with Crippen molar-refractivity contribution in [1.82, 2.24) is 0 Å². The van der Waals surface area contributed by atoms with Gasteiger partial charge in [-0.05, 0) is 192 Å². The third kappa shape index (κ3) is 9.84. The standard InChI is InChI=1S/C63H86O3P/c1-20-58(8,9)44-32-42-34-51(60(12,13)22-3)49(38-47(42)53(36-44)62(16,17)24-5)46-30-31-55(67(64,65)66)56(41-28-26-40(7)27-29-41)57(46)50-39-48-43(35-52(50)61(14,15)23-4)33-45(59(10,11)21-2)37-54(48)63(18,19)25-6/h26-39,64-66H,20-25H2,1-19H3/q+1. The molecule has 0 atom stereocenters. The van der Waals surface area contributed by atoms with Crippen molar-refractivity contribution in [2.24, 2.45) is 0 Å². The molecule has 6 aromatic rings. The predicted molar refractivity (Wildman–Crippen MR) is 296 cm³/mol. The van der Waals surface area contributed by atoms with E-state index in [0.717, 1.165) is 71.9 Å². The highest BCUT2D eigenvalue weighted by Crippen LogP contribution is 2.55. The molecule has 0 radical (unpaired) electrons. The van der Waals surface area contributed by atoms with Crippen molar-refractivity contribution in [3.8, 4) is 33.4 Å². The predicted octanol–water partition coefficient (Wildman–Crippen LogP) is 17.8. The highest BCUT2D eigenvalue weighted by molar-refractivity contribution is 7.67. The van der Waals surface area contributed by atoms with Gasteiger partial charge in [-0.3, -0.25) is 0 Å². The van der Waals surface area contributed by atoms with Crippen LogP contribution in [0, 0.1) is 6.92 Å². The Bertz CT molecular complexity index is 2790. The van der Waals surface area contributed by atoms with E-state index >= 15 is 0 Å². The second-order valence-corrected chi connectivity index (χ2v) is 25.6.